The normalized spacial score (nSPS) is 13.5. The average Bonchev–Trinajstić information content (AvgIpc) is 1.81. The summed E-state index contributed by atoms with van der Waals surface area (Å²) in [5, 5.41) is 0. The predicted molar refractivity (Wildman–Crippen MR) is 60.7 cm³/mol. The van der Waals surface area contributed by atoms with Crippen molar-refractivity contribution >= 4 is 0 Å². The van der Waals surface area contributed by atoms with Gasteiger partial charge in [-0.15, -0.1) is 0 Å². The van der Waals surface area contributed by atoms with E-state index in [1.165, 1.54) is 12.1 Å². The van der Waals surface area contributed by atoms with Gasteiger partial charge < -0.3 is 4.90 Å². The standard InChI is InChI=1S/C12H25N/c1-9(2)8-12(7)13(10(3)4)11(5)6/h9,11-12H,3,8H2,1-2,4-7H3. The van der Waals surface area contributed by atoms with Gasteiger partial charge >= 0.3 is 0 Å². The van der Waals surface area contributed by atoms with Gasteiger partial charge in [0.25, 0.3) is 0 Å². The fourth-order valence-electron chi connectivity index (χ4n) is 2.12. The molecule has 0 aromatic heterocycles. The van der Waals surface area contributed by atoms with Gasteiger partial charge in [0.1, 0.15) is 0 Å². The topological polar surface area (TPSA) is 3.24 Å². The molecule has 0 spiro atoms. The zero-order valence-corrected chi connectivity index (χ0v) is 10.1. The lowest BCUT2D eigenvalue weighted by atomic mass is 10.0. The van der Waals surface area contributed by atoms with Crippen molar-refractivity contribution in [3.05, 3.63) is 12.3 Å². The molecule has 0 aromatic carbocycles. The summed E-state index contributed by atoms with van der Waals surface area (Å²) in [4.78, 5) is 2.40. The Morgan fingerprint density at radius 3 is 1.85 bits per heavy atom. The molecule has 0 bridgehead atoms. The summed E-state index contributed by atoms with van der Waals surface area (Å²) in [5.41, 5.74) is 1.18. The quantitative estimate of drug-likeness (QED) is 0.628. The van der Waals surface area contributed by atoms with E-state index in [4.69, 9.17) is 0 Å². The third-order valence-corrected chi connectivity index (χ3v) is 2.28. The minimum atomic E-state index is 0.561. The second-order valence-corrected chi connectivity index (χ2v) is 4.71. The van der Waals surface area contributed by atoms with Crippen molar-refractivity contribution in [3.8, 4) is 0 Å². The van der Waals surface area contributed by atoms with Crippen LogP contribution in [0.4, 0.5) is 0 Å². The third kappa shape index (κ3) is 4.35. The first-order valence-corrected chi connectivity index (χ1v) is 5.30. The van der Waals surface area contributed by atoms with Crippen LogP contribution in [0.5, 0.6) is 0 Å². The molecule has 1 nitrogen and oxygen atoms in total. The molecule has 0 N–H and O–H groups in total. The van der Waals surface area contributed by atoms with E-state index in [9.17, 15) is 0 Å². The van der Waals surface area contributed by atoms with Crippen molar-refractivity contribution < 1.29 is 0 Å². The minimum Gasteiger partial charge on any atom is -0.370 e. The molecule has 0 aromatic rings. The number of hydrogen-bond acceptors (Lipinski definition) is 1. The lowest BCUT2D eigenvalue weighted by Gasteiger charge is -2.36. The van der Waals surface area contributed by atoms with Crippen LogP contribution in [0.25, 0.3) is 0 Å². The van der Waals surface area contributed by atoms with Crippen molar-refractivity contribution in [2.75, 3.05) is 0 Å². The average molecular weight is 183 g/mol. The lowest BCUT2D eigenvalue weighted by molar-refractivity contribution is 0.196. The predicted octanol–water partition coefficient (Wildman–Crippen LogP) is 3.67. The smallest absolute Gasteiger partial charge is 0.0263 e. The van der Waals surface area contributed by atoms with Gasteiger partial charge in [-0.2, -0.15) is 0 Å². The van der Waals surface area contributed by atoms with E-state index < -0.39 is 0 Å². The summed E-state index contributed by atoms with van der Waals surface area (Å²) in [6.45, 7) is 17.4. The summed E-state index contributed by atoms with van der Waals surface area (Å²) in [5.74, 6) is 0.760. The Labute approximate surface area is 83.8 Å². The van der Waals surface area contributed by atoms with Gasteiger partial charge in [0.05, 0.1) is 0 Å². The molecule has 1 heteroatoms. The maximum Gasteiger partial charge on any atom is 0.0263 e. The molecule has 78 valence electrons. The Morgan fingerprint density at radius 2 is 1.62 bits per heavy atom. The Kier molecular flexibility index (Phi) is 5.12. The molecule has 0 heterocycles. The van der Waals surface area contributed by atoms with Crippen molar-refractivity contribution in [1.29, 1.82) is 0 Å². The molecule has 0 saturated carbocycles. The van der Waals surface area contributed by atoms with Crippen LogP contribution >= 0.6 is 0 Å². The SMILES string of the molecule is C=C(C)N(C(C)C)C(C)CC(C)C. The van der Waals surface area contributed by atoms with Crippen LogP contribution in [0.3, 0.4) is 0 Å². The highest BCUT2D eigenvalue weighted by Crippen LogP contribution is 2.17. The van der Waals surface area contributed by atoms with Gasteiger partial charge in [0.2, 0.25) is 0 Å². The Morgan fingerprint density at radius 1 is 1.15 bits per heavy atom. The molecule has 0 aliphatic carbocycles. The molecule has 13 heavy (non-hydrogen) atoms. The molecule has 0 saturated heterocycles. The van der Waals surface area contributed by atoms with Crippen LogP contribution in [-0.2, 0) is 0 Å². The number of allylic oxidation sites excluding steroid dienone is 1. The first-order valence-electron chi connectivity index (χ1n) is 5.30. The Hall–Kier alpha value is -0.460. The van der Waals surface area contributed by atoms with Crippen molar-refractivity contribution in [2.24, 2.45) is 5.92 Å². The van der Waals surface area contributed by atoms with Crippen LogP contribution in [0, 0.1) is 5.92 Å². The first kappa shape index (κ1) is 12.5. The van der Waals surface area contributed by atoms with E-state index in [1.54, 1.807) is 0 Å². The van der Waals surface area contributed by atoms with E-state index in [2.05, 4.69) is 53.0 Å². The van der Waals surface area contributed by atoms with Crippen molar-refractivity contribution in [3.63, 3.8) is 0 Å². The Balaban J connectivity index is 4.28. The van der Waals surface area contributed by atoms with Gasteiger partial charge in [-0.3, -0.25) is 0 Å². The third-order valence-electron chi connectivity index (χ3n) is 2.28. The van der Waals surface area contributed by atoms with E-state index >= 15 is 0 Å². The fraction of sp³-hybridized carbons (Fsp3) is 0.833. The van der Waals surface area contributed by atoms with Crippen molar-refractivity contribution in [2.45, 2.75) is 60.0 Å². The van der Waals surface area contributed by atoms with E-state index in [-0.39, 0.29) is 0 Å². The largest absolute Gasteiger partial charge is 0.370 e. The van der Waals surface area contributed by atoms with E-state index in [0.717, 1.165) is 5.92 Å². The molecule has 0 aliphatic rings. The van der Waals surface area contributed by atoms with Gasteiger partial charge in [0.15, 0.2) is 0 Å². The maximum atomic E-state index is 4.03. The van der Waals surface area contributed by atoms with Crippen LogP contribution < -0.4 is 0 Å². The van der Waals surface area contributed by atoms with Gasteiger partial charge in [-0.1, -0.05) is 20.4 Å². The zero-order chi connectivity index (χ0) is 10.6. The van der Waals surface area contributed by atoms with Gasteiger partial charge in [-0.05, 0) is 40.0 Å². The summed E-state index contributed by atoms with van der Waals surface area (Å²) >= 11 is 0. The summed E-state index contributed by atoms with van der Waals surface area (Å²) < 4.78 is 0. The first-order chi connectivity index (χ1) is 5.86. The summed E-state index contributed by atoms with van der Waals surface area (Å²) in [7, 11) is 0. The summed E-state index contributed by atoms with van der Waals surface area (Å²) in [6.07, 6.45) is 1.24. The minimum absolute atomic E-state index is 0.561. The van der Waals surface area contributed by atoms with E-state index in [0.29, 0.717) is 12.1 Å². The van der Waals surface area contributed by atoms with Crippen LogP contribution in [0.15, 0.2) is 12.3 Å². The molecule has 0 radical (unpaired) electrons. The highest BCUT2D eigenvalue weighted by atomic mass is 15.2. The highest BCUT2D eigenvalue weighted by Gasteiger charge is 2.16. The molecule has 1 unspecified atom stereocenters. The zero-order valence-electron chi connectivity index (χ0n) is 10.1. The fourth-order valence-corrected chi connectivity index (χ4v) is 2.12. The molecule has 1 atom stereocenters. The number of nitrogens with zero attached hydrogens (tertiary/aromatic N) is 1. The highest BCUT2D eigenvalue weighted by molar-refractivity contribution is 4.93. The van der Waals surface area contributed by atoms with Gasteiger partial charge in [0, 0.05) is 17.8 Å². The van der Waals surface area contributed by atoms with Crippen LogP contribution in [0.2, 0.25) is 0 Å². The number of rotatable bonds is 5. The molecular weight excluding hydrogens is 158 g/mol. The second kappa shape index (κ2) is 5.31. The molecular formula is C12H25N. The summed E-state index contributed by atoms with van der Waals surface area (Å²) in [6, 6.07) is 1.17. The monoisotopic (exact) mass is 183 g/mol. The van der Waals surface area contributed by atoms with Crippen LogP contribution in [-0.4, -0.2) is 17.0 Å². The molecule has 0 aliphatic heterocycles. The molecule has 0 amide bonds. The molecule has 0 fully saturated rings. The maximum absolute atomic E-state index is 4.03. The van der Waals surface area contributed by atoms with Crippen molar-refractivity contribution in [1.82, 2.24) is 4.90 Å². The Bertz CT molecular complexity index is 159. The van der Waals surface area contributed by atoms with E-state index in [1.807, 2.05) is 0 Å². The van der Waals surface area contributed by atoms with Crippen LogP contribution in [0.1, 0.15) is 48.0 Å². The number of hydrogen-bond donors (Lipinski definition) is 0. The molecule has 0 rings (SSSR count). The van der Waals surface area contributed by atoms with Gasteiger partial charge in [-0.25, -0.2) is 0 Å². The lowest BCUT2D eigenvalue weighted by Crippen LogP contribution is -2.37. The second-order valence-electron chi connectivity index (χ2n) is 4.71.